The average Bonchev–Trinajstić information content (AvgIpc) is 2.19. The van der Waals surface area contributed by atoms with E-state index in [-0.39, 0.29) is 11.6 Å². The Hall–Kier alpha value is -0.970. The van der Waals surface area contributed by atoms with Crippen molar-refractivity contribution in [1.82, 2.24) is 0 Å². The van der Waals surface area contributed by atoms with Gasteiger partial charge < -0.3 is 16.2 Å². The standard InChI is InChI=1S/C9H10Cl2N2O2/c10-5-2-1-3-7(8(5)11)15-4-6(12)9(13)14/h1-3,6H,4,12H2,(H2,13,14). The van der Waals surface area contributed by atoms with Gasteiger partial charge in [-0.25, -0.2) is 0 Å². The summed E-state index contributed by atoms with van der Waals surface area (Å²) in [6, 6.07) is 4.08. The molecule has 0 saturated carbocycles. The summed E-state index contributed by atoms with van der Waals surface area (Å²) in [5, 5.41) is 0.664. The molecule has 1 atom stereocenters. The zero-order valence-corrected chi connectivity index (χ0v) is 9.26. The SMILES string of the molecule is NC(=O)C(N)COc1cccc(Cl)c1Cl. The number of rotatable bonds is 4. The van der Waals surface area contributed by atoms with E-state index in [2.05, 4.69) is 0 Å². The van der Waals surface area contributed by atoms with Gasteiger partial charge in [0.2, 0.25) is 5.91 Å². The highest BCUT2D eigenvalue weighted by Gasteiger charge is 2.11. The predicted octanol–water partition coefficient (Wildman–Crippen LogP) is 1.18. The lowest BCUT2D eigenvalue weighted by Gasteiger charge is -2.11. The van der Waals surface area contributed by atoms with E-state index in [0.29, 0.717) is 10.8 Å². The van der Waals surface area contributed by atoms with Crippen molar-refractivity contribution < 1.29 is 9.53 Å². The van der Waals surface area contributed by atoms with E-state index in [4.69, 9.17) is 39.4 Å². The second-order valence-electron chi connectivity index (χ2n) is 2.87. The molecule has 0 fully saturated rings. The average molecular weight is 249 g/mol. The van der Waals surface area contributed by atoms with E-state index in [1.165, 1.54) is 0 Å². The molecule has 6 heteroatoms. The molecule has 0 aliphatic heterocycles. The number of halogens is 2. The summed E-state index contributed by atoms with van der Waals surface area (Å²) in [5.41, 5.74) is 10.3. The molecule has 0 aliphatic carbocycles. The molecule has 82 valence electrons. The van der Waals surface area contributed by atoms with Gasteiger partial charge in [-0.1, -0.05) is 29.3 Å². The van der Waals surface area contributed by atoms with Gasteiger partial charge in [0.05, 0.1) is 5.02 Å². The van der Waals surface area contributed by atoms with Crippen LogP contribution < -0.4 is 16.2 Å². The summed E-state index contributed by atoms with van der Waals surface area (Å²) in [6.45, 7) is -0.0323. The Morgan fingerprint density at radius 2 is 2.13 bits per heavy atom. The Bertz CT molecular complexity index is 371. The van der Waals surface area contributed by atoms with Crippen LogP contribution in [0.15, 0.2) is 18.2 Å². The molecular formula is C9H10Cl2N2O2. The summed E-state index contributed by atoms with van der Waals surface area (Å²) in [5.74, 6) is -0.256. The Morgan fingerprint density at radius 1 is 1.47 bits per heavy atom. The molecule has 1 rings (SSSR count). The largest absolute Gasteiger partial charge is 0.490 e. The van der Waals surface area contributed by atoms with Crippen LogP contribution in [0.2, 0.25) is 10.0 Å². The van der Waals surface area contributed by atoms with Crippen LogP contribution in [0, 0.1) is 0 Å². The summed E-state index contributed by atoms with van der Waals surface area (Å²) >= 11 is 11.6. The number of amides is 1. The molecule has 4 N–H and O–H groups in total. The first-order chi connectivity index (χ1) is 7.02. The fourth-order valence-electron chi connectivity index (χ4n) is 0.857. The van der Waals surface area contributed by atoms with Crippen molar-refractivity contribution in [3.05, 3.63) is 28.2 Å². The highest BCUT2D eigenvalue weighted by molar-refractivity contribution is 6.42. The first-order valence-electron chi connectivity index (χ1n) is 4.14. The lowest BCUT2D eigenvalue weighted by atomic mass is 10.3. The monoisotopic (exact) mass is 248 g/mol. The zero-order chi connectivity index (χ0) is 11.4. The van der Waals surface area contributed by atoms with Gasteiger partial charge in [-0.2, -0.15) is 0 Å². The lowest BCUT2D eigenvalue weighted by Crippen LogP contribution is -2.41. The van der Waals surface area contributed by atoms with Gasteiger partial charge in [0, 0.05) is 0 Å². The van der Waals surface area contributed by atoms with Gasteiger partial charge in [-0.3, -0.25) is 4.79 Å². The van der Waals surface area contributed by atoms with Gasteiger partial charge >= 0.3 is 0 Å². The summed E-state index contributed by atoms with van der Waals surface area (Å²) in [6.07, 6.45) is 0. The van der Waals surface area contributed by atoms with Crippen LogP contribution in [-0.4, -0.2) is 18.6 Å². The first-order valence-corrected chi connectivity index (χ1v) is 4.89. The molecule has 4 nitrogen and oxygen atoms in total. The quantitative estimate of drug-likeness (QED) is 0.841. The molecule has 1 unspecified atom stereocenters. The maximum absolute atomic E-state index is 10.6. The number of hydrogen-bond donors (Lipinski definition) is 2. The Morgan fingerprint density at radius 3 is 2.73 bits per heavy atom. The maximum Gasteiger partial charge on any atom is 0.237 e. The van der Waals surface area contributed by atoms with E-state index in [0.717, 1.165) is 0 Å². The number of ether oxygens (including phenoxy) is 1. The van der Waals surface area contributed by atoms with Crippen LogP contribution in [0.25, 0.3) is 0 Å². The van der Waals surface area contributed by atoms with Gasteiger partial charge in [-0.15, -0.1) is 0 Å². The first kappa shape index (κ1) is 12.1. The molecule has 0 aromatic heterocycles. The lowest BCUT2D eigenvalue weighted by molar-refractivity contribution is -0.119. The smallest absolute Gasteiger partial charge is 0.237 e. The number of benzene rings is 1. The van der Waals surface area contributed by atoms with Crippen molar-refractivity contribution in [2.75, 3.05) is 6.61 Å². The zero-order valence-electron chi connectivity index (χ0n) is 7.74. The molecule has 1 aromatic carbocycles. The summed E-state index contributed by atoms with van der Waals surface area (Å²) in [7, 11) is 0. The van der Waals surface area contributed by atoms with Crippen molar-refractivity contribution in [2.45, 2.75) is 6.04 Å². The van der Waals surface area contributed by atoms with Crippen molar-refractivity contribution >= 4 is 29.1 Å². The minimum absolute atomic E-state index is 0.0323. The van der Waals surface area contributed by atoms with E-state index in [1.807, 2.05) is 0 Å². The Balaban J connectivity index is 2.66. The molecule has 1 amide bonds. The maximum atomic E-state index is 10.6. The number of hydrogen-bond acceptors (Lipinski definition) is 3. The van der Waals surface area contributed by atoms with Crippen LogP contribution >= 0.6 is 23.2 Å². The fourth-order valence-corrected chi connectivity index (χ4v) is 1.20. The van der Waals surface area contributed by atoms with Gasteiger partial charge in [0.25, 0.3) is 0 Å². The Kier molecular flexibility index (Phi) is 4.20. The highest BCUT2D eigenvalue weighted by atomic mass is 35.5. The minimum atomic E-state index is -0.861. The summed E-state index contributed by atoms with van der Waals surface area (Å²) in [4.78, 5) is 10.6. The second-order valence-corrected chi connectivity index (χ2v) is 3.66. The fraction of sp³-hybridized carbons (Fsp3) is 0.222. The van der Waals surface area contributed by atoms with E-state index < -0.39 is 11.9 Å². The van der Waals surface area contributed by atoms with Crippen molar-refractivity contribution in [1.29, 1.82) is 0 Å². The third-order valence-corrected chi connectivity index (χ3v) is 2.50. The van der Waals surface area contributed by atoms with Crippen LogP contribution in [0.3, 0.4) is 0 Å². The summed E-state index contributed by atoms with van der Waals surface area (Å²) < 4.78 is 5.20. The van der Waals surface area contributed by atoms with E-state index >= 15 is 0 Å². The Labute approximate surface area is 97.1 Å². The molecule has 1 aromatic rings. The van der Waals surface area contributed by atoms with Crippen molar-refractivity contribution in [2.24, 2.45) is 11.5 Å². The second kappa shape index (κ2) is 5.21. The molecule has 0 heterocycles. The molecule has 0 radical (unpaired) electrons. The van der Waals surface area contributed by atoms with E-state index in [1.54, 1.807) is 18.2 Å². The van der Waals surface area contributed by atoms with Gasteiger partial charge in [0.15, 0.2) is 0 Å². The van der Waals surface area contributed by atoms with Crippen molar-refractivity contribution in [3.63, 3.8) is 0 Å². The van der Waals surface area contributed by atoms with Gasteiger partial charge in [-0.05, 0) is 12.1 Å². The third kappa shape index (κ3) is 3.27. The number of carbonyl (C=O) groups is 1. The molecular weight excluding hydrogens is 239 g/mol. The van der Waals surface area contributed by atoms with Gasteiger partial charge in [0.1, 0.15) is 23.4 Å². The molecule has 0 spiro atoms. The third-order valence-electron chi connectivity index (χ3n) is 1.70. The van der Waals surface area contributed by atoms with Crippen LogP contribution in [-0.2, 0) is 4.79 Å². The number of nitrogens with two attached hydrogens (primary N) is 2. The predicted molar refractivity (Wildman–Crippen MR) is 59.1 cm³/mol. The van der Waals surface area contributed by atoms with Crippen LogP contribution in [0.1, 0.15) is 0 Å². The molecule has 15 heavy (non-hydrogen) atoms. The van der Waals surface area contributed by atoms with Crippen LogP contribution in [0.4, 0.5) is 0 Å². The molecule has 0 aliphatic rings. The number of carbonyl (C=O) groups excluding carboxylic acids is 1. The van der Waals surface area contributed by atoms with Crippen LogP contribution in [0.5, 0.6) is 5.75 Å². The van der Waals surface area contributed by atoms with E-state index in [9.17, 15) is 4.79 Å². The molecule has 0 bridgehead atoms. The number of primary amides is 1. The molecule has 0 saturated heterocycles. The minimum Gasteiger partial charge on any atom is -0.490 e. The topological polar surface area (TPSA) is 78.3 Å². The highest BCUT2D eigenvalue weighted by Crippen LogP contribution is 2.31. The van der Waals surface area contributed by atoms with Crippen molar-refractivity contribution in [3.8, 4) is 5.75 Å². The normalized spacial score (nSPS) is 12.2.